The zero-order valence-corrected chi connectivity index (χ0v) is 12.6. The Morgan fingerprint density at radius 1 is 1.15 bits per heavy atom. The molecule has 0 spiro atoms. The maximum absolute atomic E-state index is 12.5. The third-order valence-corrected chi connectivity index (χ3v) is 4.91. The van der Waals surface area contributed by atoms with Gasteiger partial charge in [-0.25, -0.2) is 0 Å². The van der Waals surface area contributed by atoms with E-state index in [9.17, 15) is 14.7 Å². The van der Waals surface area contributed by atoms with Crippen LogP contribution in [0.3, 0.4) is 0 Å². The van der Waals surface area contributed by atoms with E-state index in [0.29, 0.717) is 25.3 Å². The molecule has 0 saturated heterocycles. The van der Waals surface area contributed by atoms with Gasteiger partial charge in [0.2, 0.25) is 5.91 Å². The van der Waals surface area contributed by atoms with Gasteiger partial charge in [0.15, 0.2) is 0 Å². The van der Waals surface area contributed by atoms with Crippen LogP contribution in [0.5, 0.6) is 0 Å². The Kier molecular flexibility index (Phi) is 5.06. The summed E-state index contributed by atoms with van der Waals surface area (Å²) < 4.78 is 0. The molecule has 0 aliphatic heterocycles. The van der Waals surface area contributed by atoms with Crippen molar-refractivity contribution in [3.8, 4) is 0 Å². The molecule has 2 saturated carbocycles. The van der Waals surface area contributed by atoms with E-state index in [1.165, 1.54) is 12.8 Å². The van der Waals surface area contributed by atoms with Gasteiger partial charge < -0.3 is 10.0 Å². The van der Waals surface area contributed by atoms with Gasteiger partial charge in [0.25, 0.3) is 0 Å². The molecular formula is C16H27NO3. The van der Waals surface area contributed by atoms with Crippen molar-refractivity contribution in [1.82, 2.24) is 4.90 Å². The molecule has 114 valence electrons. The normalized spacial score (nSPS) is 22.1. The summed E-state index contributed by atoms with van der Waals surface area (Å²) in [6.07, 6.45) is 8.03. The summed E-state index contributed by atoms with van der Waals surface area (Å²) in [5.41, 5.74) is -0.801. The number of carboxylic acids is 1. The van der Waals surface area contributed by atoms with E-state index in [2.05, 4.69) is 0 Å². The zero-order valence-electron chi connectivity index (χ0n) is 12.6. The van der Waals surface area contributed by atoms with Crippen molar-refractivity contribution >= 4 is 11.9 Å². The first-order chi connectivity index (χ1) is 9.57. The molecule has 0 bridgehead atoms. The van der Waals surface area contributed by atoms with Crippen molar-refractivity contribution in [3.63, 3.8) is 0 Å². The standard InChI is InChI=1S/C16H27NO3/c1-2-17(12-13-7-8-13)14(18)11-16(15(19)20)9-5-3-4-6-10-16/h13H,2-12H2,1H3,(H,19,20). The number of aliphatic carboxylic acids is 1. The highest BCUT2D eigenvalue weighted by molar-refractivity contribution is 5.85. The Morgan fingerprint density at radius 2 is 1.75 bits per heavy atom. The summed E-state index contributed by atoms with van der Waals surface area (Å²) in [7, 11) is 0. The smallest absolute Gasteiger partial charge is 0.310 e. The zero-order chi connectivity index (χ0) is 14.6. The van der Waals surface area contributed by atoms with Crippen LogP contribution in [0.2, 0.25) is 0 Å². The molecule has 0 aromatic heterocycles. The molecule has 1 N–H and O–H groups in total. The minimum atomic E-state index is -0.801. The average molecular weight is 281 g/mol. The number of rotatable bonds is 6. The molecule has 0 atom stereocenters. The van der Waals surface area contributed by atoms with Crippen LogP contribution in [0.1, 0.15) is 64.7 Å². The highest BCUT2D eigenvalue weighted by Gasteiger charge is 2.41. The summed E-state index contributed by atoms with van der Waals surface area (Å²) in [6, 6.07) is 0. The Balaban J connectivity index is 2.01. The Bertz CT molecular complexity index is 355. The third kappa shape index (κ3) is 3.74. The molecule has 2 aliphatic rings. The van der Waals surface area contributed by atoms with E-state index in [-0.39, 0.29) is 12.3 Å². The third-order valence-electron chi connectivity index (χ3n) is 4.91. The van der Waals surface area contributed by atoms with Gasteiger partial charge in [-0.2, -0.15) is 0 Å². The van der Waals surface area contributed by atoms with E-state index < -0.39 is 11.4 Å². The van der Waals surface area contributed by atoms with E-state index >= 15 is 0 Å². The quantitative estimate of drug-likeness (QED) is 0.761. The van der Waals surface area contributed by atoms with Gasteiger partial charge in [-0.15, -0.1) is 0 Å². The van der Waals surface area contributed by atoms with E-state index in [0.717, 1.165) is 32.2 Å². The maximum atomic E-state index is 12.5. The summed E-state index contributed by atoms with van der Waals surface area (Å²) >= 11 is 0. The number of carbonyl (C=O) groups is 2. The predicted molar refractivity (Wildman–Crippen MR) is 77.4 cm³/mol. The first-order valence-corrected chi connectivity index (χ1v) is 8.08. The van der Waals surface area contributed by atoms with Crippen molar-refractivity contribution < 1.29 is 14.7 Å². The SMILES string of the molecule is CCN(CC1CC1)C(=O)CC1(C(=O)O)CCCCCC1. The number of amides is 1. The lowest BCUT2D eigenvalue weighted by Gasteiger charge is -2.30. The van der Waals surface area contributed by atoms with Gasteiger partial charge in [0.05, 0.1) is 5.41 Å². The minimum absolute atomic E-state index is 0.0451. The monoisotopic (exact) mass is 281 g/mol. The van der Waals surface area contributed by atoms with Crippen molar-refractivity contribution in [2.45, 2.75) is 64.7 Å². The number of carbonyl (C=O) groups excluding carboxylic acids is 1. The Hall–Kier alpha value is -1.06. The lowest BCUT2D eigenvalue weighted by atomic mass is 9.77. The van der Waals surface area contributed by atoms with Gasteiger partial charge in [0.1, 0.15) is 0 Å². The second kappa shape index (κ2) is 6.59. The predicted octanol–water partition coefficient (Wildman–Crippen LogP) is 3.06. The number of hydrogen-bond donors (Lipinski definition) is 1. The molecule has 20 heavy (non-hydrogen) atoms. The number of hydrogen-bond acceptors (Lipinski definition) is 2. The Morgan fingerprint density at radius 3 is 2.20 bits per heavy atom. The molecule has 2 fully saturated rings. The van der Waals surface area contributed by atoms with Crippen LogP contribution >= 0.6 is 0 Å². The average Bonchev–Trinajstić information content (AvgIpc) is 3.23. The van der Waals surface area contributed by atoms with Gasteiger partial charge in [-0.1, -0.05) is 25.7 Å². The molecular weight excluding hydrogens is 254 g/mol. The molecule has 4 heteroatoms. The lowest BCUT2D eigenvalue weighted by Crippen LogP contribution is -2.40. The fraction of sp³-hybridized carbons (Fsp3) is 0.875. The first-order valence-electron chi connectivity index (χ1n) is 8.08. The van der Waals surface area contributed by atoms with Crippen LogP contribution in [-0.4, -0.2) is 35.0 Å². The van der Waals surface area contributed by atoms with Crippen molar-refractivity contribution in [2.75, 3.05) is 13.1 Å². The molecule has 0 heterocycles. The Labute approximate surface area is 121 Å². The molecule has 0 aromatic carbocycles. The topological polar surface area (TPSA) is 57.6 Å². The van der Waals surface area contributed by atoms with E-state index in [1.54, 1.807) is 0 Å². The highest BCUT2D eigenvalue weighted by Crippen LogP contribution is 2.39. The van der Waals surface area contributed by atoms with Gasteiger partial charge >= 0.3 is 5.97 Å². The van der Waals surface area contributed by atoms with Gasteiger partial charge in [0, 0.05) is 19.5 Å². The number of nitrogens with zero attached hydrogens (tertiary/aromatic N) is 1. The summed E-state index contributed by atoms with van der Waals surface area (Å²) in [5.74, 6) is -0.0623. The largest absolute Gasteiger partial charge is 0.481 e. The highest BCUT2D eigenvalue weighted by atomic mass is 16.4. The van der Waals surface area contributed by atoms with Crippen LogP contribution < -0.4 is 0 Å². The van der Waals surface area contributed by atoms with E-state index in [4.69, 9.17) is 0 Å². The summed E-state index contributed by atoms with van der Waals surface area (Å²) in [4.78, 5) is 26.1. The fourth-order valence-electron chi connectivity index (χ4n) is 3.29. The first kappa shape index (κ1) is 15.3. The van der Waals surface area contributed by atoms with Crippen molar-refractivity contribution in [2.24, 2.45) is 11.3 Å². The molecule has 2 aliphatic carbocycles. The van der Waals surface area contributed by atoms with Crippen LogP contribution in [0.15, 0.2) is 0 Å². The maximum Gasteiger partial charge on any atom is 0.310 e. The van der Waals surface area contributed by atoms with E-state index in [1.807, 2.05) is 11.8 Å². The minimum Gasteiger partial charge on any atom is -0.481 e. The fourth-order valence-corrected chi connectivity index (χ4v) is 3.29. The van der Waals surface area contributed by atoms with Crippen molar-refractivity contribution in [3.05, 3.63) is 0 Å². The second-order valence-corrected chi connectivity index (χ2v) is 6.55. The summed E-state index contributed by atoms with van der Waals surface area (Å²) in [5, 5.41) is 9.64. The molecule has 1 amide bonds. The van der Waals surface area contributed by atoms with Gasteiger partial charge in [-0.05, 0) is 38.5 Å². The molecule has 0 radical (unpaired) electrons. The molecule has 2 rings (SSSR count). The van der Waals surface area contributed by atoms with Crippen LogP contribution in [0, 0.1) is 11.3 Å². The van der Waals surface area contributed by atoms with Crippen molar-refractivity contribution in [1.29, 1.82) is 0 Å². The van der Waals surface area contributed by atoms with Crippen LogP contribution in [0.25, 0.3) is 0 Å². The summed E-state index contributed by atoms with van der Waals surface area (Å²) in [6.45, 7) is 3.51. The molecule has 0 aromatic rings. The lowest BCUT2D eigenvalue weighted by molar-refractivity contribution is -0.154. The number of carboxylic acid groups (broad SMARTS) is 1. The van der Waals surface area contributed by atoms with Gasteiger partial charge in [-0.3, -0.25) is 9.59 Å². The van der Waals surface area contributed by atoms with Crippen LogP contribution in [-0.2, 0) is 9.59 Å². The molecule has 0 unspecified atom stereocenters. The molecule has 4 nitrogen and oxygen atoms in total. The van der Waals surface area contributed by atoms with Crippen LogP contribution in [0.4, 0.5) is 0 Å². The second-order valence-electron chi connectivity index (χ2n) is 6.55.